The van der Waals surface area contributed by atoms with Crippen molar-refractivity contribution in [1.29, 1.82) is 0 Å². The van der Waals surface area contributed by atoms with Crippen LogP contribution in [0, 0.1) is 0 Å². The molecule has 1 amide bonds. The summed E-state index contributed by atoms with van der Waals surface area (Å²) in [5, 5.41) is 6.34. The van der Waals surface area contributed by atoms with E-state index in [1.165, 1.54) is 11.1 Å². The molecule has 1 aliphatic heterocycles. The molecule has 102 valence electrons. The van der Waals surface area contributed by atoms with E-state index in [0.29, 0.717) is 13.2 Å². The first-order valence-corrected chi connectivity index (χ1v) is 6.90. The average molecular weight is 260 g/mol. The number of benzene rings is 1. The lowest BCUT2D eigenvalue weighted by atomic mass is 10.0. The highest BCUT2D eigenvalue weighted by atomic mass is 16.5. The first-order chi connectivity index (χ1) is 9.17. The van der Waals surface area contributed by atoms with Crippen LogP contribution in [0.15, 0.2) is 24.3 Å². The molecule has 0 spiro atoms. The SMILES string of the molecule is C[C@]1(C(=O)NC2Cc3ccccc3C2)CNCCO1. The molecule has 1 aromatic rings. The van der Waals surface area contributed by atoms with Crippen LogP contribution in [0.5, 0.6) is 0 Å². The quantitative estimate of drug-likeness (QED) is 0.821. The molecule has 1 saturated heterocycles. The van der Waals surface area contributed by atoms with Crippen LogP contribution in [0.25, 0.3) is 0 Å². The van der Waals surface area contributed by atoms with E-state index in [4.69, 9.17) is 4.74 Å². The minimum atomic E-state index is -0.729. The summed E-state index contributed by atoms with van der Waals surface area (Å²) in [5.41, 5.74) is 1.97. The van der Waals surface area contributed by atoms with E-state index in [2.05, 4.69) is 34.9 Å². The van der Waals surface area contributed by atoms with Gasteiger partial charge < -0.3 is 15.4 Å². The van der Waals surface area contributed by atoms with E-state index >= 15 is 0 Å². The maximum atomic E-state index is 12.4. The van der Waals surface area contributed by atoms with Gasteiger partial charge in [0.05, 0.1) is 6.61 Å². The molecular weight excluding hydrogens is 240 g/mol. The third kappa shape index (κ3) is 2.51. The lowest BCUT2D eigenvalue weighted by Gasteiger charge is -2.33. The summed E-state index contributed by atoms with van der Waals surface area (Å²) in [6, 6.07) is 8.59. The van der Waals surface area contributed by atoms with E-state index in [1.54, 1.807) is 0 Å². The maximum absolute atomic E-state index is 12.4. The second kappa shape index (κ2) is 4.94. The minimum Gasteiger partial charge on any atom is -0.363 e. The Hall–Kier alpha value is -1.39. The smallest absolute Gasteiger partial charge is 0.253 e. The molecule has 0 bridgehead atoms. The maximum Gasteiger partial charge on any atom is 0.253 e. The Morgan fingerprint density at radius 3 is 2.63 bits per heavy atom. The largest absolute Gasteiger partial charge is 0.363 e. The Morgan fingerprint density at radius 2 is 2.05 bits per heavy atom. The molecule has 2 N–H and O–H groups in total. The fourth-order valence-electron chi connectivity index (χ4n) is 2.87. The zero-order chi connectivity index (χ0) is 13.3. The van der Waals surface area contributed by atoms with Crippen molar-refractivity contribution < 1.29 is 9.53 Å². The summed E-state index contributed by atoms with van der Waals surface area (Å²) in [6.07, 6.45) is 1.84. The fourth-order valence-corrected chi connectivity index (χ4v) is 2.87. The highest BCUT2D eigenvalue weighted by Crippen LogP contribution is 2.22. The topological polar surface area (TPSA) is 50.4 Å². The lowest BCUT2D eigenvalue weighted by molar-refractivity contribution is -0.148. The highest BCUT2D eigenvalue weighted by Gasteiger charge is 2.37. The van der Waals surface area contributed by atoms with Gasteiger partial charge in [0.25, 0.3) is 5.91 Å². The summed E-state index contributed by atoms with van der Waals surface area (Å²) in [5.74, 6) is -0.00231. The average Bonchev–Trinajstić information content (AvgIpc) is 2.81. The molecule has 1 aromatic carbocycles. The summed E-state index contributed by atoms with van der Waals surface area (Å²) in [4.78, 5) is 12.4. The van der Waals surface area contributed by atoms with Crippen molar-refractivity contribution in [2.45, 2.75) is 31.4 Å². The molecule has 3 rings (SSSR count). The van der Waals surface area contributed by atoms with Gasteiger partial charge in [-0.2, -0.15) is 0 Å². The van der Waals surface area contributed by atoms with Crippen LogP contribution in [0.1, 0.15) is 18.1 Å². The van der Waals surface area contributed by atoms with Gasteiger partial charge in [-0.1, -0.05) is 24.3 Å². The van der Waals surface area contributed by atoms with E-state index in [9.17, 15) is 4.79 Å². The van der Waals surface area contributed by atoms with Crippen molar-refractivity contribution in [3.8, 4) is 0 Å². The van der Waals surface area contributed by atoms with Crippen molar-refractivity contribution >= 4 is 5.91 Å². The molecule has 1 fully saturated rings. The summed E-state index contributed by atoms with van der Waals surface area (Å²) < 4.78 is 5.64. The number of hydrogen-bond donors (Lipinski definition) is 2. The molecule has 0 radical (unpaired) electrons. The van der Waals surface area contributed by atoms with Gasteiger partial charge in [-0.05, 0) is 30.9 Å². The first-order valence-electron chi connectivity index (χ1n) is 6.90. The Labute approximate surface area is 113 Å². The van der Waals surface area contributed by atoms with Crippen LogP contribution in [0.4, 0.5) is 0 Å². The number of hydrogen-bond acceptors (Lipinski definition) is 3. The number of nitrogens with one attached hydrogen (secondary N) is 2. The second-order valence-electron chi connectivity index (χ2n) is 5.60. The Kier molecular flexibility index (Phi) is 3.29. The van der Waals surface area contributed by atoms with E-state index in [1.807, 2.05) is 6.92 Å². The lowest BCUT2D eigenvalue weighted by Crippen LogP contribution is -2.58. The molecule has 4 heteroatoms. The van der Waals surface area contributed by atoms with Crippen LogP contribution >= 0.6 is 0 Å². The number of carbonyl (C=O) groups is 1. The van der Waals surface area contributed by atoms with Gasteiger partial charge in [0.15, 0.2) is 5.60 Å². The van der Waals surface area contributed by atoms with E-state index in [-0.39, 0.29) is 11.9 Å². The fraction of sp³-hybridized carbons (Fsp3) is 0.533. The van der Waals surface area contributed by atoms with Gasteiger partial charge in [0, 0.05) is 19.1 Å². The van der Waals surface area contributed by atoms with Gasteiger partial charge >= 0.3 is 0 Å². The van der Waals surface area contributed by atoms with Gasteiger partial charge in [-0.15, -0.1) is 0 Å². The number of morpholine rings is 1. The Bertz CT molecular complexity index is 456. The van der Waals surface area contributed by atoms with Crippen molar-refractivity contribution in [2.24, 2.45) is 0 Å². The normalized spacial score (nSPS) is 27.0. The molecule has 2 aliphatic rings. The summed E-state index contributed by atoms with van der Waals surface area (Å²) in [7, 11) is 0. The zero-order valence-corrected chi connectivity index (χ0v) is 11.2. The molecule has 1 heterocycles. The number of amides is 1. The van der Waals surface area contributed by atoms with Gasteiger partial charge in [0.2, 0.25) is 0 Å². The number of rotatable bonds is 2. The number of ether oxygens (including phenoxy) is 1. The zero-order valence-electron chi connectivity index (χ0n) is 11.2. The van der Waals surface area contributed by atoms with Crippen molar-refractivity contribution in [1.82, 2.24) is 10.6 Å². The minimum absolute atomic E-state index is 0.00231. The third-order valence-corrected chi connectivity index (χ3v) is 4.03. The summed E-state index contributed by atoms with van der Waals surface area (Å²) >= 11 is 0. The predicted molar refractivity (Wildman–Crippen MR) is 73.0 cm³/mol. The van der Waals surface area contributed by atoms with Crippen LogP contribution < -0.4 is 10.6 Å². The molecule has 1 aliphatic carbocycles. The second-order valence-corrected chi connectivity index (χ2v) is 5.60. The molecule has 19 heavy (non-hydrogen) atoms. The van der Waals surface area contributed by atoms with Crippen LogP contribution in [0.2, 0.25) is 0 Å². The molecular formula is C15H20N2O2. The van der Waals surface area contributed by atoms with E-state index < -0.39 is 5.60 Å². The summed E-state index contributed by atoms with van der Waals surface area (Å²) in [6.45, 7) is 3.85. The number of fused-ring (bicyclic) bond motifs is 1. The predicted octanol–water partition coefficient (Wildman–Crippen LogP) is 0.648. The highest BCUT2D eigenvalue weighted by molar-refractivity contribution is 5.85. The van der Waals surface area contributed by atoms with Gasteiger partial charge in [-0.25, -0.2) is 0 Å². The Morgan fingerprint density at radius 1 is 1.37 bits per heavy atom. The van der Waals surface area contributed by atoms with Gasteiger partial charge in [0.1, 0.15) is 0 Å². The molecule has 0 aromatic heterocycles. The monoisotopic (exact) mass is 260 g/mol. The third-order valence-electron chi connectivity index (χ3n) is 4.03. The van der Waals surface area contributed by atoms with Crippen molar-refractivity contribution in [2.75, 3.05) is 19.7 Å². The Balaban J connectivity index is 1.63. The molecule has 1 atom stereocenters. The van der Waals surface area contributed by atoms with E-state index in [0.717, 1.165) is 19.4 Å². The van der Waals surface area contributed by atoms with Crippen LogP contribution in [-0.2, 0) is 22.4 Å². The first kappa shape index (κ1) is 12.6. The molecule has 0 saturated carbocycles. The standard InChI is InChI=1S/C15H20N2O2/c1-15(10-16-6-7-19-15)14(18)17-13-8-11-4-2-3-5-12(11)9-13/h2-5,13,16H,6-10H2,1H3,(H,17,18)/t15-/m1/s1. The van der Waals surface area contributed by atoms with Crippen molar-refractivity contribution in [3.63, 3.8) is 0 Å². The molecule has 4 nitrogen and oxygen atoms in total. The molecule has 0 unspecified atom stereocenters. The van der Waals surface area contributed by atoms with Gasteiger partial charge in [-0.3, -0.25) is 4.79 Å². The number of carbonyl (C=O) groups excluding carboxylic acids is 1. The van der Waals surface area contributed by atoms with Crippen molar-refractivity contribution in [3.05, 3.63) is 35.4 Å². The van der Waals surface area contributed by atoms with Crippen LogP contribution in [-0.4, -0.2) is 37.2 Å². The van der Waals surface area contributed by atoms with Crippen LogP contribution in [0.3, 0.4) is 0 Å².